The monoisotopic (exact) mass is 325 g/mol. The second-order valence-electron chi connectivity index (χ2n) is 6.70. The minimum absolute atomic E-state index is 0.0155. The lowest BCUT2D eigenvalue weighted by molar-refractivity contribution is 0.443. The van der Waals surface area contributed by atoms with Crippen LogP contribution < -0.4 is 5.56 Å². The molecule has 0 unspecified atom stereocenters. The number of hydrogen-bond acceptors (Lipinski definition) is 2. The molecule has 4 heteroatoms. The van der Waals surface area contributed by atoms with Crippen molar-refractivity contribution in [2.45, 2.75) is 64.8 Å². The molecule has 1 aliphatic rings. The lowest BCUT2D eigenvalue weighted by atomic mass is 9.95. The van der Waals surface area contributed by atoms with Gasteiger partial charge in [-0.3, -0.25) is 14.9 Å². The molecule has 24 heavy (non-hydrogen) atoms. The zero-order valence-electron chi connectivity index (χ0n) is 14.7. The first-order valence-corrected chi connectivity index (χ1v) is 9.14. The molecule has 128 valence electrons. The van der Waals surface area contributed by atoms with Gasteiger partial charge in [-0.2, -0.15) is 0 Å². The van der Waals surface area contributed by atoms with Crippen LogP contribution in [0.5, 0.6) is 0 Å². The summed E-state index contributed by atoms with van der Waals surface area (Å²) in [5.41, 5.74) is 3.55. The number of nitrogens with zero attached hydrogens (tertiary/aromatic N) is 2. The average molecular weight is 325 g/mol. The number of aromatic nitrogens is 2. The standard InChI is InChI=1S/C20H27N3O/c1-3-10-18-19(15(2)21-16-11-6-4-7-12-16)20(24)23(22-18)17-13-8-5-9-14-17/h5,8-9,13-14,16,22H,3-4,6-7,10-12H2,1-2H3. The number of rotatable bonds is 5. The number of para-hydroxylation sites is 1. The summed E-state index contributed by atoms with van der Waals surface area (Å²) >= 11 is 0. The fourth-order valence-corrected chi connectivity index (χ4v) is 3.59. The minimum atomic E-state index is 0.0155. The van der Waals surface area contributed by atoms with Crippen molar-refractivity contribution >= 4 is 5.71 Å². The number of hydrogen-bond donors (Lipinski definition) is 1. The number of aliphatic imine (C=N–C) groups is 1. The number of aromatic amines is 1. The summed E-state index contributed by atoms with van der Waals surface area (Å²) < 4.78 is 1.65. The van der Waals surface area contributed by atoms with Gasteiger partial charge in [-0.1, -0.05) is 50.8 Å². The van der Waals surface area contributed by atoms with Crippen LogP contribution in [-0.4, -0.2) is 21.5 Å². The molecule has 4 nitrogen and oxygen atoms in total. The quantitative estimate of drug-likeness (QED) is 0.820. The summed E-state index contributed by atoms with van der Waals surface area (Å²) in [5.74, 6) is 0. The van der Waals surface area contributed by atoms with Gasteiger partial charge in [0.05, 0.1) is 17.3 Å². The van der Waals surface area contributed by atoms with Crippen LogP contribution in [0.25, 0.3) is 5.69 Å². The van der Waals surface area contributed by atoms with E-state index in [2.05, 4.69) is 12.0 Å². The molecule has 1 aliphatic carbocycles. The van der Waals surface area contributed by atoms with Crippen LogP contribution in [0, 0.1) is 0 Å². The fourth-order valence-electron chi connectivity index (χ4n) is 3.59. The Bertz CT molecular complexity index is 749. The first kappa shape index (κ1) is 16.7. The van der Waals surface area contributed by atoms with Gasteiger partial charge in [0, 0.05) is 11.4 Å². The predicted octanol–water partition coefficient (Wildman–Crippen LogP) is 4.26. The molecule has 0 bridgehead atoms. The van der Waals surface area contributed by atoms with Crippen LogP contribution in [0.15, 0.2) is 40.1 Å². The molecule has 0 amide bonds. The number of benzene rings is 1. The molecule has 1 aromatic heterocycles. The van der Waals surface area contributed by atoms with Crippen molar-refractivity contribution in [3.05, 3.63) is 51.9 Å². The zero-order valence-corrected chi connectivity index (χ0v) is 14.7. The van der Waals surface area contributed by atoms with Crippen LogP contribution in [0.3, 0.4) is 0 Å². The molecule has 0 atom stereocenters. The van der Waals surface area contributed by atoms with Gasteiger partial charge >= 0.3 is 0 Å². The molecular weight excluding hydrogens is 298 g/mol. The van der Waals surface area contributed by atoms with E-state index in [1.54, 1.807) is 4.68 Å². The Morgan fingerprint density at radius 3 is 2.58 bits per heavy atom. The summed E-state index contributed by atoms with van der Waals surface area (Å²) in [4.78, 5) is 17.9. The van der Waals surface area contributed by atoms with Crippen LogP contribution in [0.4, 0.5) is 0 Å². The number of nitrogens with one attached hydrogen (secondary N) is 1. The Morgan fingerprint density at radius 2 is 1.92 bits per heavy atom. The molecule has 1 aromatic carbocycles. The third-order valence-corrected chi connectivity index (χ3v) is 4.79. The van der Waals surface area contributed by atoms with Crippen molar-refractivity contribution in [3.63, 3.8) is 0 Å². The van der Waals surface area contributed by atoms with E-state index >= 15 is 0 Å². The third-order valence-electron chi connectivity index (χ3n) is 4.79. The van der Waals surface area contributed by atoms with E-state index in [1.165, 1.54) is 19.3 Å². The van der Waals surface area contributed by atoms with Gasteiger partial charge < -0.3 is 0 Å². The topological polar surface area (TPSA) is 50.1 Å². The smallest absolute Gasteiger partial charge is 0.280 e. The SMILES string of the molecule is CCCc1[nH]n(-c2ccccc2)c(=O)c1C(C)=NC1CCCCC1. The normalized spacial score (nSPS) is 16.5. The van der Waals surface area contributed by atoms with Gasteiger partial charge in [-0.25, -0.2) is 4.68 Å². The molecule has 1 fully saturated rings. The van der Waals surface area contributed by atoms with Crippen LogP contribution in [0.2, 0.25) is 0 Å². The second-order valence-corrected chi connectivity index (χ2v) is 6.70. The van der Waals surface area contributed by atoms with E-state index in [1.807, 2.05) is 37.3 Å². The second kappa shape index (κ2) is 7.65. The van der Waals surface area contributed by atoms with Gasteiger partial charge in [0.2, 0.25) is 0 Å². The molecule has 1 saturated carbocycles. The Morgan fingerprint density at radius 1 is 1.21 bits per heavy atom. The van der Waals surface area contributed by atoms with Crippen molar-refractivity contribution < 1.29 is 0 Å². The fraction of sp³-hybridized carbons (Fsp3) is 0.500. The van der Waals surface area contributed by atoms with Crippen molar-refractivity contribution in [1.29, 1.82) is 0 Å². The minimum Gasteiger partial charge on any atom is -0.294 e. The van der Waals surface area contributed by atoms with Crippen molar-refractivity contribution in [2.24, 2.45) is 4.99 Å². The highest BCUT2D eigenvalue weighted by molar-refractivity contribution is 5.99. The third kappa shape index (κ3) is 3.53. The molecule has 0 aliphatic heterocycles. The molecule has 0 spiro atoms. The zero-order chi connectivity index (χ0) is 16.9. The molecule has 2 aromatic rings. The Hall–Kier alpha value is -2.10. The Labute approximate surface area is 143 Å². The molecule has 1 heterocycles. The maximum atomic E-state index is 13.0. The highest BCUT2D eigenvalue weighted by Gasteiger charge is 2.19. The van der Waals surface area contributed by atoms with E-state index < -0.39 is 0 Å². The molecule has 3 rings (SSSR count). The van der Waals surface area contributed by atoms with Crippen LogP contribution in [-0.2, 0) is 6.42 Å². The summed E-state index contributed by atoms with van der Waals surface area (Å²) in [7, 11) is 0. The maximum absolute atomic E-state index is 13.0. The lowest BCUT2D eigenvalue weighted by Gasteiger charge is -2.18. The summed E-state index contributed by atoms with van der Waals surface area (Å²) in [6.07, 6.45) is 7.99. The molecule has 0 saturated heterocycles. The first-order chi connectivity index (χ1) is 11.7. The molecule has 1 N–H and O–H groups in total. The van der Waals surface area contributed by atoms with Gasteiger partial charge in [0.25, 0.3) is 5.56 Å². The highest BCUT2D eigenvalue weighted by Crippen LogP contribution is 2.21. The maximum Gasteiger partial charge on any atom is 0.280 e. The number of H-pyrrole nitrogens is 1. The van der Waals surface area contributed by atoms with Crippen LogP contribution >= 0.6 is 0 Å². The molecule has 0 radical (unpaired) electrons. The van der Waals surface area contributed by atoms with Crippen molar-refractivity contribution in [1.82, 2.24) is 9.78 Å². The van der Waals surface area contributed by atoms with Crippen LogP contribution in [0.1, 0.15) is 63.6 Å². The van der Waals surface area contributed by atoms with E-state index in [0.717, 1.165) is 48.3 Å². The Kier molecular flexibility index (Phi) is 5.34. The lowest BCUT2D eigenvalue weighted by Crippen LogP contribution is -2.21. The summed E-state index contributed by atoms with van der Waals surface area (Å²) in [5, 5.41) is 3.31. The number of aryl methyl sites for hydroxylation is 1. The first-order valence-electron chi connectivity index (χ1n) is 9.14. The van der Waals surface area contributed by atoms with E-state index in [4.69, 9.17) is 4.99 Å². The molecular formula is C20H27N3O. The van der Waals surface area contributed by atoms with E-state index in [9.17, 15) is 4.79 Å². The van der Waals surface area contributed by atoms with Gasteiger partial charge in [0.15, 0.2) is 0 Å². The Balaban J connectivity index is 2.01. The van der Waals surface area contributed by atoms with Gasteiger partial charge in [-0.05, 0) is 38.3 Å². The van der Waals surface area contributed by atoms with E-state index in [0.29, 0.717) is 6.04 Å². The van der Waals surface area contributed by atoms with E-state index in [-0.39, 0.29) is 5.56 Å². The predicted molar refractivity (Wildman–Crippen MR) is 99.5 cm³/mol. The van der Waals surface area contributed by atoms with Gasteiger partial charge in [0.1, 0.15) is 0 Å². The average Bonchev–Trinajstić information content (AvgIpc) is 2.93. The van der Waals surface area contributed by atoms with Crippen molar-refractivity contribution in [3.8, 4) is 5.69 Å². The summed E-state index contributed by atoms with van der Waals surface area (Å²) in [6, 6.07) is 10.1. The summed E-state index contributed by atoms with van der Waals surface area (Å²) in [6.45, 7) is 4.13. The van der Waals surface area contributed by atoms with Gasteiger partial charge in [-0.15, -0.1) is 0 Å². The highest BCUT2D eigenvalue weighted by atomic mass is 16.1. The van der Waals surface area contributed by atoms with Crippen molar-refractivity contribution in [2.75, 3.05) is 0 Å². The largest absolute Gasteiger partial charge is 0.294 e.